The molecular weight excluding hydrogens is 219 g/mol. The zero-order valence-electron chi connectivity index (χ0n) is 10.6. The van der Waals surface area contributed by atoms with Crippen LogP contribution in [-0.2, 0) is 6.54 Å². The van der Waals surface area contributed by atoms with E-state index in [1.54, 1.807) is 12.1 Å². The fraction of sp³-hybridized carbons (Fsp3) is 0.538. The lowest BCUT2D eigenvalue weighted by atomic mass is 10.2. The molecule has 0 bridgehead atoms. The summed E-state index contributed by atoms with van der Waals surface area (Å²) in [5, 5.41) is 0. The lowest BCUT2D eigenvalue weighted by Gasteiger charge is -2.21. The van der Waals surface area contributed by atoms with Gasteiger partial charge in [-0.15, -0.1) is 0 Å². The minimum absolute atomic E-state index is 0.270. The molecule has 1 aromatic carbocycles. The fourth-order valence-electron chi connectivity index (χ4n) is 1.85. The molecule has 0 unspecified atom stereocenters. The Labute approximate surface area is 102 Å². The van der Waals surface area contributed by atoms with Crippen LogP contribution in [0.15, 0.2) is 18.2 Å². The third-order valence-corrected chi connectivity index (χ3v) is 2.64. The molecule has 0 radical (unpaired) electrons. The van der Waals surface area contributed by atoms with Gasteiger partial charge in [0.1, 0.15) is 0 Å². The Hall–Kier alpha value is -1.13. The second-order valence-electron chi connectivity index (χ2n) is 4.00. The molecule has 0 aliphatic carbocycles. The summed E-state index contributed by atoms with van der Waals surface area (Å²) in [5.74, 6) is 0.0276. The average molecular weight is 240 g/mol. The summed E-state index contributed by atoms with van der Waals surface area (Å²) in [5.41, 5.74) is 6.21. The van der Waals surface area contributed by atoms with E-state index in [9.17, 15) is 4.39 Å². The van der Waals surface area contributed by atoms with Crippen LogP contribution in [-0.4, -0.2) is 31.6 Å². The van der Waals surface area contributed by atoms with Gasteiger partial charge < -0.3 is 10.5 Å². The molecule has 0 aliphatic heterocycles. The summed E-state index contributed by atoms with van der Waals surface area (Å²) < 4.78 is 18.9. The van der Waals surface area contributed by atoms with Crippen LogP contribution in [0.4, 0.5) is 4.39 Å². The first-order valence-electron chi connectivity index (χ1n) is 5.96. The number of benzene rings is 1. The Kier molecular flexibility index (Phi) is 5.94. The van der Waals surface area contributed by atoms with Gasteiger partial charge in [-0.05, 0) is 19.0 Å². The van der Waals surface area contributed by atoms with Crippen LogP contribution in [0.5, 0.6) is 5.75 Å². The Morgan fingerprint density at radius 2 is 2.12 bits per heavy atom. The number of methoxy groups -OCH3 is 1. The SMILES string of the molecule is CCCN(CCN)Cc1cccc(OC)c1F. The third-order valence-electron chi connectivity index (χ3n) is 2.64. The predicted octanol–water partition coefficient (Wildman–Crippen LogP) is 2.00. The third kappa shape index (κ3) is 3.98. The number of nitrogens with two attached hydrogens (primary N) is 1. The molecule has 17 heavy (non-hydrogen) atoms. The Bertz CT molecular complexity index is 338. The van der Waals surface area contributed by atoms with Crippen molar-refractivity contribution in [3.63, 3.8) is 0 Å². The second-order valence-corrected chi connectivity index (χ2v) is 4.00. The maximum atomic E-state index is 13.9. The molecule has 96 valence electrons. The van der Waals surface area contributed by atoms with Gasteiger partial charge in [0.2, 0.25) is 0 Å². The maximum absolute atomic E-state index is 13.9. The van der Waals surface area contributed by atoms with E-state index in [0.29, 0.717) is 24.4 Å². The predicted molar refractivity (Wildman–Crippen MR) is 67.6 cm³/mol. The average Bonchev–Trinajstić information content (AvgIpc) is 2.32. The highest BCUT2D eigenvalue weighted by Crippen LogP contribution is 2.21. The van der Waals surface area contributed by atoms with Crippen LogP contribution >= 0.6 is 0 Å². The number of halogens is 1. The zero-order chi connectivity index (χ0) is 12.7. The van der Waals surface area contributed by atoms with Gasteiger partial charge in [-0.1, -0.05) is 19.1 Å². The molecule has 0 spiro atoms. The topological polar surface area (TPSA) is 38.5 Å². The number of hydrogen-bond acceptors (Lipinski definition) is 3. The number of nitrogens with zero attached hydrogens (tertiary/aromatic N) is 1. The van der Waals surface area contributed by atoms with Crippen molar-refractivity contribution < 1.29 is 9.13 Å². The van der Waals surface area contributed by atoms with Crippen molar-refractivity contribution in [2.45, 2.75) is 19.9 Å². The molecule has 1 rings (SSSR count). The van der Waals surface area contributed by atoms with Gasteiger partial charge in [0.05, 0.1) is 7.11 Å². The molecule has 2 N–H and O–H groups in total. The monoisotopic (exact) mass is 240 g/mol. The van der Waals surface area contributed by atoms with Crippen LogP contribution in [0.25, 0.3) is 0 Å². The van der Waals surface area contributed by atoms with Crippen LogP contribution in [0, 0.1) is 5.82 Å². The Morgan fingerprint density at radius 1 is 1.35 bits per heavy atom. The van der Waals surface area contributed by atoms with Gasteiger partial charge >= 0.3 is 0 Å². The van der Waals surface area contributed by atoms with Gasteiger partial charge in [-0.2, -0.15) is 0 Å². The molecular formula is C13H21FN2O. The van der Waals surface area contributed by atoms with Crippen LogP contribution in [0.3, 0.4) is 0 Å². The van der Waals surface area contributed by atoms with E-state index >= 15 is 0 Å². The summed E-state index contributed by atoms with van der Waals surface area (Å²) in [4.78, 5) is 2.15. The minimum atomic E-state index is -0.270. The lowest BCUT2D eigenvalue weighted by molar-refractivity contribution is 0.268. The van der Waals surface area contributed by atoms with Gasteiger partial charge in [0, 0.05) is 25.2 Å². The van der Waals surface area contributed by atoms with E-state index in [1.807, 2.05) is 6.07 Å². The lowest BCUT2D eigenvalue weighted by Crippen LogP contribution is -2.30. The first kappa shape index (κ1) is 13.9. The quantitative estimate of drug-likeness (QED) is 0.792. The summed E-state index contributed by atoms with van der Waals surface area (Å²) >= 11 is 0. The Balaban J connectivity index is 2.77. The van der Waals surface area contributed by atoms with Crippen molar-refractivity contribution in [2.75, 3.05) is 26.7 Å². The molecule has 0 aromatic heterocycles. The van der Waals surface area contributed by atoms with Crippen molar-refractivity contribution in [3.8, 4) is 5.75 Å². The number of ether oxygens (including phenoxy) is 1. The van der Waals surface area contributed by atoms with Crippen LogP contribution in [0.1, 0.15) is 18.9 Å². The van der Waals surface area contributed by atoms with Crippen molar-refractivity contribution in [2.24, 2.45) is 5.73 Å². The highest BCUT2D eigenvalue weighted by Gasteiger charge is 2.11. The molecule has 0 aliphatic rings. The first-order chi connectivity index (χ1) is 8.22. The van der Waals surface area contributed by atoms with Gasteiger partial charge in [-0.25, -0.2) is 4.39 Å². The van der Waals surface area contributed by atoms with E-state index in [-0.39, 0.29) is 5.82 Å². The van der Waals surface area contributed by atoms with E-state index in [1.165, 1.54) is 7.11 Å². The number of rotatable bonds is 7. The van der Waals surface area contributed by atoms with Crippen molar-refractivity contribution in [3.05, 3.63) is 29.6 Å². The van der Waals surface area contributed by atoms with Gasteiger partial charge in [0.25, 0.3) is 0 Å². The van der Waals surface area contributed by atoms with Crippen molar-refractivity contribution in [1.82, 2.24) is 4.90 Å². The molecule has 3 nitrogen and oxygen atoms in total. The zero-order valence-corrected chi connectivity index (χ0v) is 10.6. The van der Waals surface area contributed by atoms with Gasteiger partial charge in [0.15, 0.2) is 11.6 Å². The summed E-state index contributed by atoms with van der Waals surface area (Å²) in [6.45, 7) is 4.98. The molecule has 4 heteroatoms. The van der Waals surface area contributed by atoms with E-state index in [4.69, 9.17) is 10.5 Å². The van der Waals surface area contributed by atoms with Crippen molar-refractivity contribution >= 4 is 0 Å². The second kappa shape index (κ2) is 7.25. The van der Waals surface area contributed by atoms with E-state index in [0.717, 1.165) is 19.5 Å². The molecule has 0 saturated carbocycles. The summed E-state index contributed by atoms with van der Waals surface area (Å²) in [6, 6.07) is 5.23. The molecule has 0 saturated heterocycles. The van der Waals surface area contributed by atoms with Crippen molar-refractivity contribution in [1.29, 1.82) is 0 Å². The van der Waals surface area contributed by atoms with Gasteiger partial charge in [-0.3, -0.25) is 4.90 Å². The largest absolute Gasteiger partial charge is 0.494 e. The Morgan fingerprint density at radius 3 is 2.71 bits per heavy atom. The maximum Gasteiger partial charge on any atom is 0.169 e. The molecule has 0 amide bonds. The molecule has 0 atom stereocenters. The van der Waals surface area contributed by atoms with Crippen LogP contribution < -0.4 is 10.5 Å². The highest BCUT2D eigenvalue weighted by atomic mass is 19.1. The summed E-state index contributed by atoms with van der Waals surface area (Å²) in [6.07, 6.45) is 1.03. The fourth-order valence-corrected chi connectivity index (χ4v) is 1.85. The molecule has 0 fully saturated rings. The molecule has 1 aromatic rings. The van der Waals surface area contributed by atoms with E-state index in [2.05, 4.69) is 11.8 Å². The standard InChI is InChI=1S/C13H21FN2O/c1-3-8-16(9-7-15)10-11-5-4-6-12(17-2)13(11)14/h4-6H,3,7-10,15H2,1-2H3. The highest BCUT2D eigenvalue weighted by molar-refractivity contribution is 5.30. The van der Waals surface area contributed by atoms with E-state index < -0.39 is 0 Å². The molecule has 0 heterocycles. The smallest absolute Gasteiger partial charge is 0.169 e. The first-order valence-corrected chi connectivity index (χ1v) is 5.96. The van der Waals surface area contributed by atoms with Crippen LogP contribution in [0.2, 0.25) is 0 Å². The summed E-state index contributed by atoms with van der Waals surface area (Å²) in [7, 11) is 1.48. The normalized spacial score (nSPS) is 10.9. The minimum Gasteiger partial charge on any atom is -0.494 e. The number of hydrogen-bond donors (Lipinski definition) is 1.